The Balaban J connectivity index is 0.00000193. The van der Waals surface area contributed by atoms with Gasteiger partial charge in [0.15, 0.2) is 0 Å². The van der Waals surface area contributed by atoms with Gasteiger partial charge in [-0.1, -0.05) is 103 Å². The molecule has 0 saturated carbocycles. The van der Waals surface area contributed by atoms with E-state index in [1.807, 2.05) is 0 Å². The molecule has 0 aromatic heterocycles. The summed E-state index contributed by atoms with van der Waals surface area (Å²) in [5, 5.41) is 2.90. The molecular weight excluding hydrogens is 440 g/mol. The van der Waals surface area contributed by atoms with Gasteiger partial charge in [-0.15, -0.1) is 0 Å². The predicted octanol–water partition coefficient (Wildman–Crippen LogP) is 5.72. The van der Waals surface area contributed by atoms with Crippen LogP contribution in [0.25, 0.3) is 22.3 Å². The molecule has 1 unspecified atom stereocenters. The molecule has 144 valence electrons. The van der Waals surface area contributed by atoms with Gasteiger partial charge >= 0.3 is 0 Å². The Morgan fingerprint density at radius 2 is 1.30 bits per heavy atom. The molecule has 0 fully saturated rings. The summed E-state index contributed by atoms with van der Waals surface area (Å²) in [5.74, 6) is 1.01. The summed E-state index contributed by atoms with van der Waals surface area (Å²) in [7, 11) is 0. The fourth-order valence-corrected chi connectivity index (χ4v) is 5.64. The Morgan fingerprint density at radius 1 is 0.667 bits per heavy atom. The minimum Gasteiger partial charge on any atom is -0.0729 e. The van der Waals surface area contributed by atoms with E-state index < -0.39 is 0 Å². The van der Waals surface area contributed by atoms with Gasteiger partial charge in [-0.2, -0.15) is 0 Å². The number of hydrogen-bond acceptors (Lipinski definition) is 0. The number of fused-ring (bicyclic) bond motifs is 5. The Kier molecular flexibility index (Phi) is 5.34. The number of rotatable bonds is 4. The summed E-state index contributed by atoms with van der Waals surface area (Å²) in [6.45, 7) is 0. The largest absolute Gasteiger partial charge is 0.0729 e. The second-order valence-corrected chi connectivity index (χ2v) is 8.37. The van der Waals surface area contributed by atoms with Crippen LogP contribution in [0.2, 0.25) is 0 Å². The maximum atomic E-state index is 2.38. The second-order valence-electron chi connectivity index (χ2n) is 8.37. The monoisotopic (exact) mass is 462 g/mol. The molecule has 30 heavy (non-hydrogen) atoms. The molecule has 3 aliphatic carbocycles. The maximum absolute atomic E-state index is 2.38. The number of allylic oxidation sites excluding steroid dienone is 4. The molecule has 1 heteroatoms. The molecule has 0 nitrogen and oxygen atoms in total. The van der Waals surface area contributed by atoms with Crippen LogP contribution >= 0.6 is 0 Å². The van der Waals surface area contributed by atoms with Crippen molar-refractivity contribution in [2.24, 2.45) is 5.92 Å². The molecular formula is C29H24Zr. The first-order chi connectivity index (χ1) is 14.4. The molecule has 0 N–H and O–H groups in total. The molecule has 3 aromatic carbocycles. The van der Waals surface area contributed by atoms with E-state index in [-0.39, 0.29) is 26.2 Å². The Labute approximate surface area is 197 Å². The van der Waals surface area contributed by atoms with Crippen LogP contribution in [0.4, 0.5) is 0 Å². The minimum atomic E-state index is 0. The first-order valence-corrected chi connectivity index (χ1v) is 10.8. The van der Waals surface area contributed by atoms with E-state index in [0.29, 0.717) is 11.8 Å². The summed E-state index contributed by atoms with van der Waals surface area (Å²) >= 11 is 0. The van der Waals surface area contributed by atoms with Crippen LogP contribution in [0.5, 0.6) is 0 Å². The molecule has 3 aromatic rings. The fourth-order valence-electron chi connectivity index (χ4n) is 5.64. The van der Waals surface area contributed by atoms with E-state index in [2.05, 4.69) is 97.1 Å². The van der Waals surface area contributed by atoms with Crippen molar-refractivity contribution in [3.05, 3.63) is 119 Å². The van der Waals surface area contributed by atoms with Gasteiger partial charge < -0.3 is 0 Å². The summed E-state index contributed by atoms with van der Waals surface area (Å²) in [4.78, 5) is 0. The molecule has 0 spiro atoms. The van der Waals surface area contributed by atoms with Gasteiger partial charge in [-0.25, -0.2) is 0 Å². The minimum absolute atomic E-state index is 0. The average molecular weight is 464 g/mol. The van der Waals surface area contributed by atoms with Gasteiger partial charge in [0.2, 0.25) is 0 Å². The van der Waals surface area contributed by atoms with Crippen molar-refractivity contribution in [1.29, 1.82) is 0 Å². The first-order valence-electron chi connectivity index (χ1n) is 10.8. The number of hydrogen-bond donors (Lipinski definition) is 0. The van der Waals surface area contributed by atoms with Crippen LogP contribution in [0.15, 0.2) is 97.1 Å². The Morgan fingerprint density at radius 3 is 2.03 bits per heavy atom. The third kappa shape index (κ3) is 3.07. The van der Waals surface area contributed by atoms with Crippen LogP contribution in [0.3, 0.4) is 0 Å². The van der Waals surface area contributed by atoms with Crippen LogP contribution in [0, 0.1) is 5.92 Å². The van der Waals surface area contributed by atoms with E-state index in [1.54, 1.807) is 5.57 Å². The Hall–Kier alpha value is -2.24. The van der Waals surface area contributed by atoms with Crippen LogP contribution in [-0.2, 0) is 26.2 Å². The summed E-state index contributed by atoms with van der Waals surface area (Å²) < 4.78 is 0. The van der Waals surface area contributed by atoms with Gasteiger partial charge in [-0.3, -0.25) is 0 Å². The molecule has 6 rings (SSSR count). The van der Waals surface area contributed by atoms with Crippen molar-refractivity contribution < 1.29 is 26.2 Å². The van der Waals surface area contributed by atoms with Crippen LogP contribution in [0.1, 0.15) is 36.3 Å². The molecule has 0 amide bonds. The van der Waals surface area contributed by atoms with E-state index in [9.17, 15) is 0 Å². The third-order valence-electron chi connectivity index (χ3n) is 6.89. The van der Waals surface area contributed by atoms with Crippen molar-refractivity contribution in [3.63, 3.8) is 0 Å². The zero-order chi connectivity index (χ0) is 19.2. The van der Waals surface area contributed by atoms with Crippen LogP contribution < -0.4 is 10.4 Å². The van der Waals surface area contributed by atoms with Crippen LogP contribution in [-0.4, -0.2) is 0 Å². The van der Waals surface area contributed by atoms with E-state index in [4.69, 9.17) is 0 Å². The van der Waals surface area contributed by atoms with Gasteiger partial charge in [-0.05, 0) is 57.5 Å². The topological polar surface area (TPSA) is 0 Å². The fraction of sp³-hybridized carbons (Fsp3) is 0.172. The maximum Gasteiger partial charge on any atom is 0.0246 e. The van der Waals surface area contributed by atoms with Crippen molar-refractivity contribution in [3.8, 4) is 11.1 Å². The zero-order valence-corrected chi connectivity index (χ0v) is 19.5. The molecule has 0 radical (unpaired) electrons. The standard InChI is InChI=1S/C29H24.Zr/c1-5-14-24-20(10-1)21-11-2-6-15-25(21)28(24)18-9-19-29-26-16-7-3-12-22(26)23-13-4-8-17-27(23)29;/h1-8,10-17,24,29H,9,18-19H2;. The van der Waals surface area contributed by atoms with Gasteiger partial charge in [0.25, 0.3) is 0 Å². The predicted molar refractivity (Wildman–Crippen MR) is 122 cm³/mol. The summed E-state index contributed by atoms with van der Waals surface area (Å²) in [5.41, 5.74) is 8.98. The Bertz CT molecular complexity index is 1250. The van der Waals surface area contributed by atoms with Gasteiger partial charge in [0.05, 0.1) is 0 Å². The zero-order valence-electron chi connectivity index (χ0n) is 17.0. The van der Waals surface area contributed by atoms with Crippen molar-refractivity contribution in [2.75, 3.05) is 0 Å². The van der Waals surface area contributed by atoms with Crippen molar-refractivity contribution >= 4 is 11.1 Å². The van der Waals surface area contributed by atoms with E-state index >= 15 is 0 Å². The number of benzene rings is 3. The molecule has 0 saturated heterocycles. The molecule has 1 atom stereocenters. The van der Waals surface area contributed by atoms with Crippen molar-refractivity contribution in [2.45, 2.75) is 25.2 Å². The van der Waals surface area contributed by atoms with Gasteiger partial charge in [0, 0.05) is 38.0 Å². The summed E-state index contributed by atoms with van der Waals surface area (Å²) in [6.07, 6.45) is 12.7. The second kappa shape index (κ2) is 8.12. The molecule has 0 bridgehead atoms. The third-order valence-corrected chi connectivity index (χ3v) is 6.89. The van der Waals surface area contributed by atoms with E-state index in [1.165, 1.54) is 57.5 Å². The SMILES string of the molecule is C1=CC2=c3ccccc3=C(CCCC3c4ccccc4-c4ccccc43)C2C=C1.[Zr]. The summed E-state index contributed by atoms with van der Waals surface area (Å²) in [6, 6.07) is 26.9. The van der Waals surface area contributed by atoms with E-state index in [0.717, 1.165) is 0 Å². The molecule has 0 heterocycles. The van der Waals surface area contributed by atoms with Gasteiger partial charge in [0.1, 0.15) is 0 Å². The smallest absolute Gasteiger partial charge is 0.0246 e. The average Bonchev–Trinajstić information content (AvgIpc) is 3.28. The normalized spacial score (nSPS) is 17.9. The van der Waals surface area contributed by atoms with Crippen molar-refractivity contribution in [1.82, 2.24) is 0 Å². The molecule has 3 aliphatic rings. The first kappa shape index (κ1) is 19.7. The molecule has 0 aliphatic heterocycles. The quantitative estimate of drug-likeness (QED) is 0.464.